The maximum Gasteiger partial charge on any atom is 0.228 e. The molecular formula is C12H11BrFN3OS. The van der Waals surface area contributed by atoms with Crippen LogP contribution in [0.4, 0.5) is 4.39 Å². The standard InChI is InChI=1S/C12H11BrFN3OS/c1-6-10(11(15)19)12(17(2)16-6)18-7-3-4-8(13)9(14)5-7/h3-5H,1-2H3,(H2,15,19). The molecule has 0 unspecified atom stereocenters. The molecule has 0 bridgehead atoms. The Hall–Kier alpha value is -1.47. The van der Waals surface area contributed by atoms with Gasteiger partial charge in [0.25, 0.3) is 0 Å². The lowest BCUT2D eigenvalue weighted by Gasteiger charge is -2.08. The maximum absolute atomic E-state index is 13.4. The van der Waals surface area contributed by atoms with E-state index in [1.807, 2.05) is 0 Å². The highest BCUT2D eigenvalue weighted by Crippen LogP contribution is 2.29. The Morgan fingerprint density at radius 2 is 2.21 bits per heavy atom. The molecule has 0 amide bonds. The number of aromatic nitrogens is 2. The number of nitrogens with zero attached hydrogens (tertiary/aromatic N) is 2. The second-order valence-electron chi connectivity index (χ2n) is 3.93. The molecule has 0 aliphatic carbocycles. The molecule has 0 saturated heterocycles. The van der Waals surface area contributed by atoms with Crippen LogP contribution in [0.5, 0.6) is 11.6 Å². The Bertz CT molecular complexity index is 657. The molecule has 2 N–H and O–H groups in total. The third-order valence-electron chi connectivity index (χ3n) is 2.52. The minimum absolute atomic E-state index is 0.193. The van der Waals surface area contributed by atoms with Crippen molar-refractivity contribution >= 4 is 33.1 Å². The molecule has 0 radical (unpaired) electrons. The van der Waals surface area contributed by atoms with Crippen molar-refractivity contribution in [2.45, 2.75) is 6.92 Å². The summed E-state index contributed by atoms with van der Waals surface area (Å²) >= 11 is 8.06. The van der Waals surface area contributed by atoms with Gasteiger partial charge in [-0.2, -0.15) is 5.10 Å². The summed E-state index contributed by atoms with van der Waals surface area (Å²) in [4.78, 5) is 0.193. The number of aryl methyl sites for hydroxylation is 2. The minimum atomic E-state index is -0.409. The summed E-state index contributed by atoms with van der Waals surface area (Å²) in [7, 11) is 1.71. The van der Waals surface area contributed by atoms with E-state index in [1.54, 1.807) is 26.1 Å². The van der Waals surface area contributed by atoms with Crippen LogP contribution in [-0.4, -0.2) is 14.8 Å². The van der Waals surface area contributed by atoms with E-state index >= 15 is 0 Å². The van der Waals surface area contributed by atoms with Crippen LogP contribution in [0.25, 0.3) is 0 Å². The minimum Gasteiger partial charge on any atom is -0.438 e. The van der Waals surface area contributed by atoms with E-state index in [-0.39, 0.29) is 4.99 Å². The summed E-state index contributed by atoms with van der Waals surface area (Å²) < 4.78 is 21.0. The zero-order valence-electron chi connectivity index (χ0n) is 10.3. The average Bonchev–Trinajstić information content (AvgIpc) is 2.59. The van der Waals surface area contributed by atoms with Gasteiger partial charge in [-0.3, -0.25) is 0 Å². The van der Waals surface area contributed by atoms with E-state index < -0.39 is 5.82 Å². The van der Waals surface area contributed by atoms with Crippen molar-refractivity contribution in [1.82, 2.24) is 9.78 Å². The first-order valence-corrected chi connectivity index (χ1v) is 6.56. The smallest absolute Gasteiger partial charge is 0.228 e. The molecule has 4 nitrogen and oxygen atoms in total. The van der Waals surface area contributed by atoms with Gasteiger partial charge in [0.1, 0.15) is 16.6 Å². The Labute approximate surface area is 123 Å². The van der Waals surface area contributed by atoms with Crippen LogP contribution in [0.15, 0.2) is 22.7 Å². The van der Waals surface area contributed by atoms with Crippen LogP contribution in [0, 0.1) is 12.7 Å². The van der Waals surface area contributed by atoms with Crippen molar-refractivity contribution in [2.24, 2.45) is 12.8 Å². The molecule has 0 atom stereocenters. The van der Waals surface area contributed by atoms with Crippen molar-refractivity contribution in [2.75, 3.05) is 0 Å². The number of benzene rings is 1. The molecule has 7 heteroatoms. The predicted octanol–water partition coefficient (Wildman–Crippen LogP) is 3.06. The first-order valence-electron chi connectivity index (χ1n) is 5.36. The number of nitrogens with two attached hydrogens (primary N) is 1. The average molecular weight is 344 g/mol. The molecule has 0 spiro atoms. The van der Waals surface area contributed by atoms with Gasteiger partial charge in [0.15, 0.2) is 0 Å². The number of rotatable bonds is 3. The van der Waals surface area contributed by atoms with Crippen LogP contribution in [0.1, 0.15) is 11.3 Å². The third-order valence-corrected chi connectivity index (χ3v) is 3.37. The van der Waals surface area contributed by atoms with Crippen molar-refractivity contribution in [1.29, 1.82) is 0 Å². The van der Waals surface area contributed by atoms with E-state index in [4.69, 9.17) is 22.7 Å². The first-order chi connectivity index (χ1) is 8.90. The molecule has 0 aliphatic heterocycles. The fraction of sp³-hybridized carbons (Fsp3) is 0.167. The number of hydrogen-bond acceptors (Lipinski definition) is 3. The van der Waals surface area contributed by atoms with Crippen molar-refractivity contribution < 1.29 is 9.13 Å². The fourth-order valence-corrected chi connectivity index (χ4v) is 2.17. The van der Waals surface area contributed by atoms with Crippen molar-refractivity contribution in [3.63, 3.8) is 0 Å². The van der Waals surface area contributed by atoms with Crippen LogP contribution >= 0.6 is 28.1 Å². The van der Waals surface area contributed by atoms with Gasteiger partial charge >= 0.3 is 0 Å². The van der Waals surface area contributed by atoms with Gasteiger partial charge < -0.3 is 10.5 Å². The topological polar surface area (TPSA) is 53.1 Å². The fourth-order valence-electron chi connectivity index (χ4n) is 1.69. The van der Waals surface area contributed by atoms with Crippen LogP contribution < -0.4 is 10.5 Å². The highest BCUT2D eigenvalue weighted by atomic mass is 79.9. The quantitative estimate of drug-likeness (QED) is 0.870. The van der Waals surface area contributed by atoms with Gasteiger partial charge in [0.2, 0.25) is 5.88 Å². The van der Waals surface area contributed by atoms with Crippen LogP contribution in [-0.2, 0) is 7.05 Å². The lowest BCUT2D eigenvalue weighted by atomic mass is 10.2. The van der Waals surface area contributed by atoms with E-state index in [0.29, 0.717) is 27.4 Å². The van der Waals surface area contributed by atoms with Crippen molar-refractivity contribution in [3.05, 3.63) is 39.7 Å². The van der Waals surface area contributed by atoms with Gasteiger partial charge in [0.05, 0.1) is 15.7 Å². The molecule has 1 aromatic carbocycles. The second kappa shape index (κ2) is 5.26. The monoisotopic (exact) mass is 343 g/mol. The zero-order valence-corrected chi connectivity index (χ0v) is 12.7. The SMILES string of the molecule is Cc1nn(C)c(Oc2ccc(Br)c(F)c2)c1C(N)=S. The van der Waals surface area contributed by atoms with Gasteiger partial charge in [0, 0.05) is 13.1 Å². The molecule has 19 heavy (non-hydrogen) atoms. The Morgan fingerprint density at radius 3 is 2.79 bits per heavy atom. The highest BCUT2D eigenvalue weighted by Gasteiger charge is 2.18. The Morgan fingerprint density at radius 1 is 1.53 bits per heavy atom. The lowest BCUT2D eigenvalue weighted by molar-refractivity contribution is 0.426. The van der Waals surface area contributed by atoms with E-state index in [9.17, 15) is 4.39 Å². The van der Waals surface area contributed by atoms with E-state index in [0.717, 1.165) is 0 Å². The molecule has 0 fully saturated rings. The molecule has 1 heterocycles. The Kier molecular flexibility index (Phi) is 3.86. The van der Waals surface area contributed by atoms with Crippen LogP contribution in [0.3, 0.4) is 0 Å². The number of halogens is 2. The third kappa shape index (κ3) is 2.76. The lowest BCUT2D eigenvalue weighted by Crippen LogP contribution is -2.11. The molecule has 100 valence electrons. The zero-order chi connectivity index (χ0) is 14.2. The summed E-state index contributed by atoms with van der Waals surface area (Å²) in [6.07, 6.45) is 0. The molecule has 0 aliphatic rings. The molecule has 2 rings (SSSR count). The summed E-state index contributed by atoms with van der Waals surface area (Å²) in [6.45, 7) is 1.78. The second-order valence-corrected chi connectivity index (χ2v) is 5.23. The first kappa shape index (κ1) is 14.0. The Balaban J connectivity index is 2.43. The summed E-state index contributed by atoms with van der Waals surface area (Å²) in [5, 5.41) is 4.19. The van der Waals surface area contributed by atoms with Gasteiger partial charge in [-0.15, -0.1) is 0 Å². The normalized spacial score (nSPS) is 10.5. The number of ether oxygens (including phenoxy) is 1. The molecule has 1 aromatic heterocycles. The van der Waals surface area contributed by atoms with E-state index in [2.05, 4.69) is 21.0 Å². The van der Waals surface area contributed by atoms with Crippen LogP contribution in [0.2, 0.25) is 0 Å². The van der Waals surface area contributed by atoms with E-state index in [1.165, 1.54) is 10.7 Å². The molecule has 0 saturated carbocycles. The van der Waals surface area contributed by atoms with Gasteiger partial charge in [-0.1, -0.05) is 12.2 Å². The number of thiocarbonyl (C=S) groups is 1. The highest BCUT2D eigenvalue weighted by molar-refractivity contribution is 9.10. The van der Waals surface area contributed by atoms with Gasteiger partial charge in [-0.25, -0.2) is 9.07 Å². The summed E-state index contributed by atoms with van der Waals surface area (Å²) in [5.74, 6) is 0.334. The predicted molar refractivity (Wildman–Crippen MR) is 78.0 cm³/mol. The van der Waals surface area contributed by atoms with Crippen molar-refractivity contribution in [3.8, 4) is 11.6 Å². The number of hydrogen-bond donors (Lipinski definition) is 1. The largest absolute Gasteiger partial charge is 0.438 e. The molecule has 2 aromatic rings. The molecular weight excluding hydrogens is 333 g/mol. The van der Waals surface area contributed by atoms with Gasteiger partial charge in [-0.05, 0) is 35.0 Å². The maximum atomic E-state index is 13.4. The summed E-state index contributed by atoms with van der Waals surface area (Å²) in [5.41, 5.74) is 6.88. The summed E-state index contributed by atoms with van der Waals surface area (Å²) in [6, 6.07) is 4.48.